The van der Waals surface area contributed by atoms with Crippen molar-refractivity contribution in [3.8, 4) is 11.3 Å². The molecule has 0 amide bonds. The number of nitrogens with two attached hydrogens (primary N) is 1. The molecule has 2 aromatic rings. The average molecular weight is 267 g/mol. The number of rotatable bonds is 2. The Kier molecular flexibility index (Phi) is 2.88. The van der Waals surface area contributed by atoms with Gasteiger partial charge in [-0.25, -0.2) is 4.98 Å². The smallest absolute Gasteiger partial charge is 0.208 e. The zero-order valence-corrected chi connectivity index (χ0v) is 9.91. The van der Waals surface area contributed by atoms with Crippen molar-refractivity contribution in [3.63, 3.8) is 0 Å². The number of aromatic nitrogens is 1. The molecule has 2 rings (SSSR count). The lowest BCUT2D eigenvalue weighted by molar-refractivity contribution is 0.474. The van der Waals surface area contributed by atoms with Crippen LogP contribution >= 0.6 is 15.9 Å². The molecule has 0 unspecified atom stereocenters. The van der Waals surface area contributed by atoms with Crippen molar-refractivity contribution in [2.75, 3.05) is 0 Å². The molecule has 1 aromatic heterocycles. The number of hydrogen-bond acceptors (Lipinski definition) is 3. The van der Waals surface area contributed by atoms with Crippen LogP contribution in [0.4, 0.5) is 0 Å². The SMILES string of the molecule is Cc1oc(CN)nc1-c1cccc(Br)c1. The van der Waals surface area contributed by atoms with Crippen molar-refractivity contribution in [1.29, 1.82) is 0 Å². The fourth-order valence-corrected chi connectivity index (χ4v) is 1.84. The monoisotopic (exact) mass is 266 g/mol. The van der Waals surface area contributed by atoms with Gasteiger partial charge >= 0.3 is 0 Å². The Balaban J connectivity index is 2.48. The van der Waals surface area contributed by atoms with Crippen LogP contribution in [0.5, 0.6) is 0 Å². The molecule has 0 fully saturated rings. The first-order valence-corrected chi connectivity index (χ1v) is 5.42. The third-order valence-corrected chi connectivity index (χ3v) is 2.61. The number of benzene rings is 1. The molecule has 0 aliphatic carbocycles. The fourth-order valence-electron chi connectivity index (χ4n) is 1.44. The quantitative estimate of drug-likeness (QED) is 0.910. The molecule has 3 nitrogen and oxygen atoms in total. The fraction of sp³-hybridized carbons (Fsp3) is 0.182. The lowest BCUT2D eigenvalue weighted by Crippen LogP contribution is -1.95. The molecule has 4 heteroatoms. The summed E-state index contributed by atoms with van der Waals surface area (Å²) in [4.78, 5) is 4.33. The summed E-state index contributed by atoms with van der Waals surface area (Å²) in [5, 5.41) is 0. The van der Waals surface area contributed by atoms with Crippen LogP contribution in [0.15, 0.2) is 33.2 Å². The molecule has 2 N–H and O–H groups in total. The molecule has 0 atom stereocenters. The van der Waals surface area contributed by atoms with Gasteiger partial charge in [-0.2, -0.15) is 0 Å². The van der Waals surface area contributed by atoms with E-state index in [1.54, 1.807) is 0 Å². The molecule has 1 aromatic carbocycles. The number of aryl methyl sites for hydroxylation is 1. The van der Waals surface area contributed by atoms with Gasteiger partial charge in [-0.15, -0.1) is 0 Å². The average Bonchev–Trinajstić information content (AvgIpc) is 2.60. The molecular formula is C11H11BrN2O. The molecule has 0 saturated heterocycles. The summed E-state index contributed by atoms with van der Waals surface area (Å²) in [5.74, 6) is 1.37. The molecule has 0 aliphatic heterocycles. The topological polar surface area (TPSA) is 52.0 Å². The van der Waals surface area contributed by atoms with E-state index in [-0.39, 0.29) is 0 Å². The van der Waals surface area contributed by atoms with Gasteiger partial charge in [0.05, 0.1) is 6.54 Å². The highest BCUT2D eigenvalue weighted by molar-refractivity contribution is 9.10. The van der Waals surface area contributed by atoms with Crippen molar-refractivity contribution < 1.29 is 4.42 Å². The maximum absolute atomic E-state index is 5.47. The highest BCUT2D eigenvalue weighted by atomic mass is 79.9. The maximum atomic E-state index is 5.47. The Morgan fingerprint density at radius 1 is 1.47 bits per heavy atom. The number of oxazole rings is 1. The summed E-state index contributed by atoms with van der Waals surface area (Å²) in [7, 11) is 0. The van der Waals surface area contributed by atoms with E-state index in [4.69, 9.17) is 10.2 Å². The highest BCUT2D eigenvalue weighted by Crippen LogP contribution is 2.25. The van der Waals surface area contributed by atoms with Crippen LogP contribution in [-0.2, 0) is 6.54 Å². The van der Waals surface area contributed by atoms with Crippen LogP contribution in [0.3, 0.4) is 0 Å². The van der Waals surface area contributed by atoms with Crippen LogP contribution in [-0.4, -0.2) is 4.98 Å². The Morgan fingerprint density at radius 2 is 2.27 bits per heavy atom. The number of hydrogen-bond donors (Lipinski definition) is 1. The largest absolute Gasteiger partial charge is 0.444 e. The van der Waals surface area contributed by atoms with Crippen LogP contribution in [0.1, 0.15) is 11.7 Å². The van der Waals surface area contributed by atoms with Crippen LogP contribution in [0, 0.1) is 6.92 Å². The molecule has 0 aliphatic rings. The number of halogens is 1. The van der Waals surface area contributed by atoms with Gasteiger partial charge in [-0.05, 0) is 19.1 Å². The van der Waals surface area contributed by atoms with Crippen molar-refractivity contribution in [1.82, 2.24) is 4.98 Å². The Morgan fingerprint density at radius 3 is 2.87 bits per heavy atom. The second kappa shape index (κ2) is 4.16. The van der Waals surface area contributed by atoms with Crippen LogP contribution in [0.25, 0.3) is 11.3 Å². The van der Waals surface area contributed by atoms with E-state index < -0.39 is 0 Å². The molecule has 15 heavy (non-hydrogen) atoms. The van der Waals surface area contributed by atoms with E-state index in [1.807, 2.05) is 31.2 Å². The van der Waals surface area contributed by atoms with Crippen molar-refractivity contribution in [2.24, 2.45) is 5.73 Å². The first-order chi connectivity index (χ1) is 7.20. The van der Waals surface area contributed by atoms with Gasteiger partial charge in [0.15, 0.2) is 0 Å². The molecule has 0 bridgehead atoms. The van der Waals surface area contributed by atoms with Gasteiger partial charge in [0.2, 0.25) is 5.89 Å². The Labute approximate surface area is 96.4 Å². The van der Waals surface area contributed by atoms with Gasteiger partial charge in [-0.3, -0.25) is 0 Å². The lowest BCUT2D eigenvalue weighted by Gasteiger charge is -1.97. The van der Waals surface area contributed by atoms with E-state index in [0.29, 0.717) is 12.4 Å². The summed E-state index contributed by atoms with van der Waals surface area (Å²) >= 11 is 3.42. The van der Waals surface area contributed by atoms with Crippen LogP contribution in [0.2, 0.25) is 0 Å². The van der Waals surface area contributed by atoms with E-state index in [0.717, 1.165) is 21.5 Å². The van der Waals surface area contributed by atoms with Gasteiger partial charge in [0.1, 0.15) is 11.5 Å². The summed E-state index contributed by atoms with van der Waals surface area (Å²) in [6.45, 7) is 2.22. The Hall–Kier alpha value is -1.13. The van der Waals surface area contributed by atoms with Gasteiger partial charge in [0, 0.05) is 10.0 Å². The summed E-state index contributed by atoms with van der Waals surface area (Å²) in [6, 6.07) is 7.94. The molecule has 0 spiro atoms. The maximum Gasteiger partial charge on any atom is 0.208 e. The minimum absolute atomic E-state index is 0.328. The van der Waals surface area contributed by atoms with E-state index in [9.17, 15) is 0 Å². The van der Waals surface area contributed by atoms with Gasteiger partial charge in [-0.1, -0.05) is 28.1 Å². The van der Waals surface area contributed by atoms with Gasteiger partial charge in [0.25, 0.3) is 0 Å². The van der Waals surface area contributed by atoms with E-state index >= 15 is 0 Å². The zero-order valence-electron chi connectivity index (χ0n) is 8.33. The normalized spacial score (nSPS) is 10.6. The van der Waals surface area contributed by atoms with E-state index in [1.165, 1.54) is 0 Å². The lowest BCUT2D eigenvalue weighted by atomic mass is 10.1. The predicted octanol–water partition coefficient (Wildman–Crippen LogP) is 2.87. The van der Waals surface area contributed by atoms with Crippen molar-refractivity contribution in [3.05, 3.63) is 40.4 Å². The molecular weight excluding hydrogens is 256 g/mol. The third kappa shape index (κ3) is 2.11. The molecule has 1 heterocycles. The second-order valence-electron chi connectivity index (χ2n) is 3.23. The van der Waals surface area contributed by atoms with E-state index in [2.05, 4.69) is 20.9 Å². The number of nitrogens with zero attached hydrogens (tertiary/aromatic N) is 1. The minimum Gasteiger partial charge on any atom is -0.444 e. The second-order valence-corrected chi connectivity index (χ2v) is 4.14. The highest BCUT2D eigenvalue weighted by Gasteiger charge is 2.10. The first-order valence-electron chi connectivity index (χ1n) is 4.63. The first kappa shape index (κ1) is 10.4. The standard InChI is InChI=1S/C11H11BrN2O/c1-7-11(14-10(6-13)15-7)8-3-2-4-9(12)5-8/h2-5H,6,13H2,1H3. The Bertz CT molecular complexity index is 479. The third-order valence-electron chi connectivity index (χ3n) is 2.11. The molecule has 0 radical (unpaired) electrons. The van der Waals surface area contributed by atoms with Gasteiger partial charge < -0.3 is 10.2 Å². The van der Waals surface area contributed by atoms with Crippen molar-refractivity contribution in [2.45, 2.75) is 13.5 Å². The van der Waals surface area contributed by atoms with Crippen molar-refractivity contribution >= 4 is 15.9 Å². The van der Waals surface area contributed by atoms with Crippen LogP contribution < -0.4 is 5.73 Å². The molecule has 78 valence electrons. The zero-order chi connectivity index (χ0) is 10.8. The minimum atomic E-state index is 0.328. The summed E-state index contributed by atoms with van der Waals surface area (Å²) < 4.78 is 6.43. The molecule has 0 saturated carbocycles. The summed E-state index contributed by atoms with van der Waals surface area (Å²) in [6.07, 6.45) is 0. The summed E-state index contributed by atoms with van der Waals surface area (Å²) in [5.41, 5.74) is 7.37. The predicted molar refractivity (Wildman–Crippen MR) is 62.3 cm³/mol.